The molecule has 1 fully saturated rings. The lowest BCUT2D eigenvalue weighted by molar-refractivity contribution is -0.117. The van der Waals surface area contributed by atoms with Crippen molar-refractivity contribution in [1.82, 2.24) is 10.1 Å². The Labute approximate surface area is 189 Å². The zero-order valence-electron chi connectivity index (χ0n) is 18.0. The number of nitrogens with zero attached hydrogens (tertiary/aromatic N) is 3. The van der Waals surface area contributed by atoms with Crippen LogP contribution in [-0.2, 0) is 4.79 Å². The zero-order chi connectivity index (χ0) is 22.8. The average Bonchev–Trinajstić information content (AvgIpc) is 3.45. The number of amides is 1. The molecule has 0 aliphatic carbocycles. The Kier molecular flexibility index (Phi) is 6.09. The van der Waals surface area contributed by atoms with Crippen molar-refractivity contribution >= 4 is 23.2 Å². The first kappa shape index (κ1) is 21.8. The standard InChI is InChI=1S/C22H22ClN3O6/c1-28-16-6-5-14(10-15(16)23)26-11-13(9-19(26)27)22-24-21(25-32-22)12-7-17(29-2)20(31-4)18(8-12)30-3/h5-8,10,13H,9,11H2,1-4H3/t13-/m1/s1. The van der Waals surface area contributed by atoms with E-state index in [0.717, 1.165) is 0 Å². The summed E-state index contributed by atoms with van der Waals surface area (Å²) in [6, 6.07) is 8.70. The summed E-state index contributed by atoms with van der Waals surface area (Å²) in [6.07, 6.45) is 0.251. The number of rotatable bonds is 7. The minimum atomic E-state index is -0.244. The van der Waals surface area contributed by atoms with Gasteiger partial charge in [0.1, 0.15) is 5.75 Å². The third-order valence-electron chi connectivity index (χ3n) is 5.29. The Morgan fingerprint density at radius 3 is 2.28 bits per heavy atom. The first-order valence-corrected chi connectivity index (χ1v) is 10.1. The number of hydrogen-bond donors (Lipinski definition) is 0. The van der Waals surface area contributed by atoms with Gasteiger partial charge in [-0.05, 0) is 30.3 Å². The lowest BCUT2D eigenvalue weighted by atomic mass is 10.1. The lowest BCUT2D eigenvalue weighted by Gasteiger charge is -2.17. The van der Waals surface area contributed by atoms with Crippen LogP contribution in [0.25, 0.3) is 11.4 Å². The molecule has 9 nitrogen and oxygen atoms in total. The minimum Gasteiger partial charge on any atom is -0.495 e. The van der Waals surface area contributed by atoms with Gasteiger partial charge in [0, 0.05) is 24.2 Å². The second-order valence-electron chi connectivity index (χ2n) is 7.09. The molecule has 1 atom stereocenters. The first-order chi connectivity index (χ1) is 15.5. The molecule has 168 valence electrons. The smallest absolute Gasteiger partial charge is 0.232 e. The van der Waals surface area contributed by atoms with Crippen LogP contribution < -0.4 is 23.8 Å². The fourth-order valence-corrected chi connectivity index (χ4v) is 3.93. The molecule has 1 aliphatic rings. The Hall–Kier alpha value is -3.46. The van der Waals surface area contributed by atoms with Gasteiger partial charge >= 0.3 is 0 Å². The third kappa shape index (κ3) is 3.91. The van der Waals surface area contributed by atoms with Crippen LogP contribution in [-0.4, -0.2) is 51.0 Å². The Morgan fingerprint density at radius 2 is 1.69 bits per heavy atom. The van der Waals surface area contributed by atoms with Crippen LogP contribution in [0.2, 0.25) is 5.02 Å². The van der Waals surface area contributed by atoms with Gasteiger partial charge in [0.15, 0.2) is 11.5 Å². The van der Waals surface area contributed by atoms with Gasteiger partial charge in [-0.3, -0.25) is 4.79 Å². The van der Waals surface area contributed by atoms with Crippen molar-refractivity contribution in [3.63, 3.8) is 0 Å². The van der Waals surface area contributed by atoms with Crippen LogP contribution in [0.1, 0.15) is 18.2 Å². The SMILES string of the molecule is COc1ccc(N2C[C@H](c3nc(-c4cc(OC)c(OC)c(OC)c4)no3)CC2=O)cc1Cl. The average molecular weight is 460 g/mol. The number of halogens is 1. The van der Waals surface area contributed by atoms with Crippen molar-refractivity contribution in [1.29, 1.82) is 0 Å². The fraction of sp³-hybridized carbons (Fsp3) is 0.318. The fourth-order valence-electron chi connectivity index (χ4n) is 3.67. The monoisotopic (exact) mass is 459 g/mol. The molecule has 32 heavy (non-hydrogen) atoms. The Balaban J connectivity index is 1.58. The van der Waals surface area contributed by atoms with Gasteiger partial charge in [-0.15, -0.1) is 0 Å². The Bertz CT molecular complexity index is 1120. The highest BCUT2D eigenvalue weighted by molar-refractivity contribution is 6.32. The first-order valence-electron chi connectivity index (χ1n) is 9.77. The molecule has 10 heteroatoms. The number of carbonyl (C=O) groups excluding carboxylic acids is 1. The predicted molar refractivity (Wildman–Crippen MR) is 117 cm³/mol. The summed E-state index contributed by atoms with van der Waals surface area (Å²) >= 11 is 6.22. The van der Waals surface area contributed by atoms with E-state index in [4.69, 9.17) is 35.1 Å². The molecule has 0 N–H and O–H groups in total. The minimum absolute atomic E-state index is 0.0521. The summed E-state index contributed by atoms with van der Waals surface area (Å²) in [5.41, 5.74) is 1.32. The van der Waals surface area contributed by atoms with E-state index in [2.05, 4.69) is 10.1 Å². The number of methoxy groups -OCH3 is 4. The van der Waals surface area contributed by atoms with Crippen molar-refractivity contribution < 1.29 is 28.3 Å². The molecule has 0 saturated carbocycles. The molecule has 1 amide bonds. The molecule has 1 saturated heterocycles. The number of ether oxygens (including phenoxy) is 4. The molecule has 1 aliphatic heterocycles. The maximum atomic E-state index is 12.7. The third-order valence-corrected chi connectivity index (χ3v) is 5.58. The van der Waals surface area contributed by atoms with Crippen LogP contribution in [0.4, 0.5) is 5.69 Å². The van der Waals surface area contributed by atoms with Crippen LogP contribution in [0.3, 0.4) is 0 Å². The highest BCUT2D eigenvalue weighted by Crippen LogP contribution is 2.41. The van der Waals surface area contributed by atoms with E-state index in [0.29, 0.717) is 57.5 Å². The van der Waals surface area contributed by atoms with E-state index in [-0.39, 0.29) is 18.2 Å². The molecule has 3 aromatic rings. The van der Waals surface area contributed by atoms with Crippen molar-refractivity contribution in [3.8, 4) is 34.4 Å². The highest BCUT2D eigenvalue weighted by atomic mass is 35.5. The molecular formula is C22H22ClN3O6. The van der Waals surface area contributed by atoms with Gasteiger partial charge < -0.3 is 28.4 Å². The maximum absolute atomic E-state index is 12.7. The molecule has 0 bridgehead atoms. The Morgan fingerprint density at radius 1 is 1.00 bits per heavy atom. The van der Waals surface area contributed by atoms with Crippen molar-refractivity contribution in [2.75, 3.05) is 39.9 Å². The van der Waals surface area contributed by atoms with E-state index in [1.54, 1.807) is 42.3 Å². The van der Waals surface area contributed by atoms with Crippen LogP contribution in [0, 0.1) is 0 Å². The molecule has 4 rings (SSSR count). The molecule has 2 heterocycles. The van der Waals surface area contributed by atoms with Crippen LogP contribution in [0.15, 0.2) is 34.9 Å². The summed E-state index contributed by atoms with van der Waals surface area (Å²) in [5, 5.41) is 4.53. The predicted octanol–water partition coefficient (Wildman–Crippen LogP) is 3.94. The quantitative estimate of drug-likeness (QED) is 0.524. The van der Waals surface area contributed by atoms with Crippen molar-refractivity contribution in [2.45, 2.75) is 12.3 Å². The van der Waals surface area contributed by atoms with Gasteiger partial charge in [-0.2, -0.15) is 4.98 Å². The lowest BCUT2D eigenvalue weighted by Crippen LogP contribution is -2.24. The van der Waals surface area contributed by atoms with Gasteiger partial charge in [0.25, 0.3) is 0 Å². The normalized spacial score (nSPS) is 15.7. The van der Waals surface area contributed by atoms with E-state index in [1.165, 1.54) is 21.3 Å². The number of hydrogen-bond acceptors (Lipinski definition) is 8. The van der Waals surface area contributed by atoms with Gasteiger partial charge in [-0.1, -0.05) is 16.8 Å². The molecule has 2 aromatic carbocycles. The zero-order valence-corrected chi connectivity index (χ0v) is 18.8. The van der Waals surface area contributed by atoms with Crippen molar-refractivity contribution in [3.05, 3.63) is 41.2 Å². The van der Waals surface area contributed by atoms with E-state index < -0.39 is 0 Å². The number of aromatic nitrogens is 2. The summed E-state index contributed by atoms with van der Waals surface area (Å²) in [4.78, 5) is 18.8. The highest BCUT2D eigenvalue weighted by Gasteiger charge is 2.35. The van der Waals surface area contributed by atoms with Gasteiger partial charge in [0.2, 0.25) is 23.4 Å². The second-order valence-corrected chi connectivity index (χ2v) is 7.50. The maximum Gasteiger partial charge on any atom is 0.232 e. The number of benzene rings is 2. The second kappa shape index (κ2) is 8.96. The molecular weight excluding hydrogens is 438 g/mol. The van der Waals surface area contributed by atoms with E-state index >= 15 is 0 Å². The summed E-state index contributed by atoms with van der Waals surface area (Å²) in [5.74, 6) is 2.42. The molecule has 1 aromatic heterocycles. The summed E-state index contributed by atoms with van der Waals surface area (Å²) in [7, 11) is 6.14. The van der Waals surface area contributed by atoms with E-state index in [9.17, 15) is 4.79 Å². The largest absolute Gasteiger partial charge is 0.495 e. The number of anilines is 1. The summed E-state index contributed by atoms with van der Waals surface area (Å²) < 4.78 is 26.8. The molecule has 0 unspecified atom stereocenters. The number of carbonyl (C=O) groups is 1. The van der Waals surface area contributed by atoms with Gasteiger partial charge in [-0.25, -0.2) is 0 Å². The summed E-state index contributed by atoms with van der Waals surface area (Å²) in [6.45, 7) is 0.401. The van der Waals surface area contributed by atoms with Crippen LogP contribution >= 0.6 is 11.6 Å². The topological polar surface area (TPSA) is 96.2 Å². The molecule has 0 radical (unpaired) electrons. The van der Waals surface area contributed by atoms with Crippen molar-refractivity contribution in [2.24, 2.45) is 0 Å². The van der Waals surface area contributed by atoms with Gasteiger partial charge in [0.05, 0.1) is 39.4 Å². The van der Waals surface area contributed by atoms with Crippen LogP contribution in [0.5, 0.6) is 23.0 Å². The molecule has 0 spiro atoms. The van der Waals surface area contributed by atoms with E-state index in [1.807, 2.05) is 0 Å².